The van der Waals surface area contributed by atoms with Crippen molar-refractivity contribution in [1.82, 2.24) is 0 Å². The van der Waals surface area contributed by atoms with Gasteiger partial charge in [-0.15, -0.1) is 11.8 Å². The molecule has 0 bridgehead atoms. The Labute approximate surface area is 140 Å². The quantitative estimate of drug-likeness (QED) is 0.378. The van der Waals surface area contributed by atoms with Crippen molar-refractivity contribution in [2.45, 2.75) is 36.2 Å². The molecule has 2 saturated heterocycles. The van der Waals surface area contributed by atoms with Gasteiger partial charge in [-0.3, -0.25) is 0 Å². The summed E-state index contributed by atoms with van der Waals surface area (Å²) in [6.45, 7) is 0. The molecule has 0 amide bonds. The molecule has 2 atom stereocenters. The lowest BCUT2D eigenvalue weighted by atomic mass is 10.3. The Morgan fingerprint density at radius 2 is 1.11 bits per heavy atom. The zero-order valence-electron chi connectivity index (χ0n) is 11.4. The largest absolute Gasteiger partial charge is 1.00 e. The highest BCUT2D eigenvalue weighted by Crippen LogP contribution is 2.32. The molecule has 0 aromatic heterocycles. The van der Waals surface area contributed by atoms with E-state index < -0.39 is 0 Å². The average Bonchev–Trinajstić information content (AvgIpc) is 3.02. The van der Waals surface area contributed by atoms with Gasteiger partial charge in [0.2, 0.25) is 0 Å². The van der Waals surface area contributed by atoms with E-state index in [1.165, 1.54) is 37.2 Å². The third-order valence-corrected chi connectivity index (χ3v) is 10.8. The summed E-state index contributed by atoms with van der Waals surface area (Å²) in [6.07, 6.45) is 11.1. The number of hydrogen-bond acceptors (Lipinski definition) is 1. The number of thioether (sulfide) groups is 1. The zero-order valence-corrected chi connectivity index (χ0v) is 15.3. The Hall–Kier alpha value is 1.37. The maximum absolute atomic E-state index is 2.54. The van der Waals surface area contributed by atoms with Crippen LogP contribution < -0.4 is 24.8 Å². The van der Waals surface area contributed by atoms with Crippen molar-refractivity contribution < 1.29 is 24.8 Å². The lowest BCUT2D eigenvalue weighted by Gasteiger charge is -2.10. The predicted molar refractivity (Wildman–Crippen MR) is 86.7 cm³/mol. The van der Waals surface area contributed by atoms with Gasteiger partial charge in [-0.25, -0.2) is 0 Å². The van der Waals surface area contributed by atoms with E-state index in [2.05, 4.69) is 23.9 Å². The molecule has 3 aliphatic heterocycles. The Morgan fingerprint density at radius 3 is 1.47 bits per heavy atom. The van der Waals surface area contributed by atoms with E-state index in [9.17, 15) is 0 Å². The van der Waals surface area contributed by atoms with Crippen molar-refractivity contribution >= 4 is 33.6 Å². The number of halogens is 2. The van der Waals surface area contributed by atoms with Crippen LogP contribution >= 0.6 is 11.8 Å². The summed E-state index contributed by atoms with van der Waals surface area (Å²) in [5.74, 6) is 9.18. The molecule has 3 aliphatic rings. The summed E-state index contributed by atoms with van der Waals surface area (Å²) in [5.41, 5.74) is 0. The van der Waals surface area contributed by atoms with Gasteiger partial charge >= 0.3 is 0 Å². The van der Waals surface area contributed by atoms with Gasteiger partial charge < -0.3 is 24.8 Å². The molecule has 0 nitrogen and oxygen atoms in total. The fourth-order valence-corrected chi connectivity index (χ4v) is 10.3. The topological polar surface area (TPSA) is 0 Å². The van der Waals surface area contributed by atoms with E-state index in [0.29, 0.717) is 0 Å². The van der Waals surface area contributed by atoms with Crippen LogP contribution in [0.15, 0.2) is 12.2 Å². The molecule has 3 heterocycles. The molecule has 0 spiro atoms. The minimum Gasteiger partial charge on any atom is -1.00 e. The first-order valence-electron chi connectivity index (χ1n) is 7.02. The van der Waals surface area contributed by atoms with E-state index in [0.717, 1.165) is 32.3 Å². The Bertz CT molecular complexity index is 248. The van der Waals surface area contributed by atoms with E-state index >= 15 is 0 Å². The molecule has 3 rings (SSSR count). The van der Waals surface area contributed by atoms with Gasteiger partial charge in [-0.1, -0.05) is 12.2 Å². The summed E-state index contributed by atoms with van der Waals surface area (Å²) in [4.78, 5) is 0. The highest BCUT2D eigenvalue weighted by molar-refractivity contribution is 8.04. The molecule has 0 aliphatic carbocycles. The van der Waals surface area contributed by atoms with Crippen molar-refractivity contribution in [3.63, 3.8) is 0 Å². The highest BCUT2D eigenvalue weighted by atomic mass is 35.5. The van der Waals surface area contributed by atoms with E-state index in [1.807, 2.05) is 0 Å². The van der Waals surface area contributed by atoms with Crippen LogP contribution in [-0.2, 0) is 21.8 Å². The van der Waals surface area contributed by atoms with Crippen LogP contribution in [0.2, 0.25) is 0 Å². The van der Waals surface area contributed by atoms with Crippen molar-refractivity contribution in [3.8, 4) is 0 Å². The predicted octanol–water partition coefficient (Wildman–Crippen LogP) is -3.14. The molecule has 0 saturated carbocycles. The first-order valence-corrected chi connectivity index (χ1v) is 11.4. The number of hydrogen-bond donors (Lipinski definition) is 0. The molecule has 0 aromatic rings. The smallest absolute Gasteiger partial charge is 0.123 e. The fraction of sp³-hybridized carbons (Fsp3) is 0.857. The van der Waals surface area contributed by atoms with Crippen LogP contribution in [0.4, 0.5) is 0 Å². The SMILES string of the molecule is C1=CC(C[S+]2CCCC2)SC1C[S+]1CCCC1.[Cl-].[Cl-]. The second-order valence-electron chi connectivity index (χ2n) is 5.39. The van der Waals surface area contributed by atoms with Gasteiger partial charge in [0.15, 0.2) is 0 Å². The minimum absolute atomic E-state index is 0. The lowest BCUT2D eigenvalue weighted by Crippen LogP contribution is -3.00. The molecule has 0 N–H and O–H groups in total. The maximum atomic E-state index is 2.54. The lowest BCUT2D eigenvalue weighted by molar-refractivity contribution is -0.001000. The van der Waals surface area contributed by atoms with Crippen LogP contribution in [-0.4, -0.2) is 45.0 Å². The molecule has 2 unspecified atom stereocenters. The molecule has 0 aromatic carbocycles. The molecule has 5 heteroatoms. The monoisotopic (exact) mass is 358 g/mol. The highest BCUT2D eigenvalue weighted by Gasteiger charge is 2.34. The summed E-state index contributed by atoms with van der Waals surface area (Å²) in [6, 6.07) is 0. The molecule has 2 fully saturated rings. The molecular formula is C14H24Cl2S3. The second kappa shape index (κ2) is 9.40. The van der Waals surface area contributed by atoms with Gasteiger partial charge in [-0.05, 0) is 47.5 Å². The minimum atomic E-state index is 0. The molecule has 19 heavy (non-hydrogen) atoms. The van der Waals surface area contributed by atoms with Gasteiger partial charge in [0.1, 0.15) is 34.5 Å². The summed E-state index contributed by atoms with van der Waals surface area (Å²) >= 11 is 2.29. The Kier molecular flexibility index (Phi) is 9.11. The van der Waals surface area contributed by atoms with Crippen molar-refractivity contribution in [2.24, 2.45) is 0 Å². The first kappa shape index (κ1) is 18.4. The summed E-state index contributed by atoms with van der Waals surface area (Å²) in [7, 11) is 1.59. The average molecular weight is 359 g/mol. The molecule has 0 radical (unpaired) electrons. The standard InChI is InChI=1S/C14H24S3.2ClH/c1-2-8-16(7-1)11-13-5-6-14(15-13)12-17-9-3-4-10-17;;/h5-6,13-14H,1-4,7-12H2;2*1H/q+2;;/p-2. The zero-order chi connectivity index (χ0) is 11.5. The van der Waals surface area contributed by atoms with Crippen LogP contribution in [0.25, 0.3) is 0 Å². The molecule has 112 valence electrons. The number of rotatable bonds is 4. The van der Waals surface area contributed by atoms with E-state index in [-0.39, 0.29) is 24.8 Å². The second-order valence-corrected chi connectivity index (χ2v) is 11.6. The Balaban J connectivity index is 0.000000902. The van der Waals surface area contributed by atoms with E-state index in [4.69, 9.17) is 0 Å². The van der Waals surface area contributed by atoms with Crippen LogP contribution in [0.5, 0.6) is 0 Å². The van der Waals surface area contributed by atoms with E-state index in [1.54, 1.807) is 23.0 Å². The van der Waals surface area contributed by atoms with Gasteiger partial charge in [-0.2, -0.15) is 0 Å². The summed E-state index contributed by atoms with van der Waals surface area (Å²) < 4.78 is 0. The van der Waals surface area contributed by atoms with Crippen molar-refractivity contribution in [1.29, 1.82) is 0 Å². The molecular weight excluding hydrogens is 335 g/mol. The van der Waals surface area contributed by atoms with Crippen LogP contribution in [0.1, 0.15) is 25.7 Å². The fourth-order valence-electron chi connectivity index (χ4n) is 2.98. The third-order valence-electron chi connectivity index (χ3n) is 3.92. The Morgan fingerprint density at radius 1 is 0.737 bits per heavy atom. The third kappa shape index (κ3) is 5.58. The first-order chi connectivity index (χ1) is 8.40. The van der Waals surface area contributed by atoms with Gasteiger partial charge in [0.05, 0.1) is 10.5 Å². The van der Waals surface area contributed by atoms with Gasteiger partial charge in [0.25, 0.3) is 0 Å². The maximum Gasteiger partial charge on any atom is 0.123 e. The van der Waals surface area contributed by atoms with Crippen LogP contribution in [0, 0.1) is 0 Å². The summed E-state index contributed by atoms with van der Waals surface area (Å²) in [5, 5.41) is 1.76. The van der Waals surface area contributed by atoms with Crippen molar-refractivity contribution in [3.05, 3.63) is 12.2 Å². The van der Waals surface area contributed by atoms with Crippen molar-refractivity contribution in [2.75, 3.05) is 34.5 Å². The van der Waals surface area contributed by atoms with Crippen LogP contribution in [0.3, 0.4) is 0 Å². The normalized spacial score (nSPS) is 31.4. The van der Waals surface area contributed by atoms with Gasteiger partial charge in [0, 0.05) is 0 Å².